The average Bonchev–Trinajstić information content (AvgIpc) is 2.12. The van der Waals surface area contributed by atoms with Crippen molar-refractivity contribution in [3.63, 3.8) is 0 Å². The van der Waals surface area contributed by atoms with E-state index in [0.29, 0.717) is 6.54 Å². The third-order valence-corrected chi connectivity index (χ3v) is 1.70. The smallest absolute Gasteiger partial charge is 0.328 e. The van der Waals surface area contributed by atoms with Gasteiger partial charge in [-0.05, 0) is 24.6 Å². The first-order chi connectivity index (χ1) is 6.68. The Balaban J connectivity index is 2.42. The molecular weight excluding hydrogens is 178 g/mol. The maximum atomic E-state index is 10.2. The van der Waals surface area contributed by atoms with Crippen molar-refractivity contribution in [1.29, 1.82) is 0 Å². The summed E-state index contributed by atoms with van der Waals surface area (Å²) < 4.78 is 0. The number of aliphatic carboxylic acids is 1. The first-order valence-electron chi connectivity index (χ1n) is 4.38. The Morgan fingerprint density at radius 1 is 1.57 bits per heavy atom. The Morgan fingerprint density at radius 3 is 3.00 bits per heavy atom. The number of aryl methyl sites for hydroxylation is 1. The van der Waals surface area contributed by atoms with Crippen molar-refractivity contribution in [1.82, 2.24) is 0 Å². The first-order valence-corrected chi connectivity index (χ1v) is 4.38. The van der Waals surface area contributed by atoms with Crippen LogP contribution < -0.4 is 5.32 Å². The molecule has 74 valence electrons. The van der Waals surface area contributed by atoms with Crippen molar-refractivity contribution in [2.24, 2.45) is 0 Å². The number of nitrogens with one attached hydrogen (secondary N) is 1. The second-order valence-electron chi connectivity index (χ2n) is 2.99. The summed E-state index contributed by atoms with van der Waals surface area (Å²) in [7, 11) is 0. The van der Waals surface area contributed by atoms with Crippen LogP contribution in [0.2, 0.25) is 0 Å². The third-order valence-electron chi connectivity index (χ3n) is 1.70. The number of carboxylic acid groups (broad SMARTS) is 1. The van der Waals surface area contributed by atoms with E-state index in [2.05, 4.69) is 5.32 Å². The number of hydrogen-bond acceptors (Lipinski definition) is 2. The summed E-state index contributed by atoms with van der Waals surface area (Å²) in [5.41, 5.74) is 2.18. The van der Waals surface area contributed by atoms with Crippen LogP contribution in [-0.4, -0.2) is 17.6 Å². The number of benzene rings is 1. The molecule has 0 atom stereocenters. The zero-order valence-electron chi connectivity index (χ0n) is 8.03. The minimum Gasteiger partial charge on any atom is -0.478 e. The van der Waals surface area contributed by atoms with Crippen LogP contribution in [0, 0.1) is 6.92 Å². The van der Waals surface area contributed by atoms with E-state index < -0.39 is 5.97 Å². The molecule has 2 N–H and O–H groups in total. The van der Waals surface area contributed by atoms with Crippen LogP contribution in [0.5, 0.6) is 0 Å². The zero-order chi connectivity index (χ0) is 10.4. The average molecular weight is 191 g/mol. The highest BCUT2D eigenvalue weighted by Gasteiger charge is 1.89. The van der Waals surface area contributed by atoms with Gasteiger partial charge in [0.05, 0.1) is 0 Å². The molecule has 3 nitrogen and oxygen atoms in total. The van der Waals surface area contributed by atoms with Crippen molar-refractivity contribution < 1.29 is 9.90 Å². The van der Waals surface area contributed by atoms with Crippen molar-refractivity contribution in [3.05, 3.63) is 42.0 Å². The molecule has 0 unspecified atom stereocenters. The van der Waals surface area contributed by atoms with Gasteiger partial charge in [0, 0.05) is 18.3 Å². The summed E-state index contributed by atoms with van der Waals surface area (Å²) >= 11 is 0. The van der Waals surface area contributed by atoms with Gasteiger partial charge in [0.25, 0.3) is 0 Å². The van der Waals surface area contributed by atoms with E-state index >= 15 is 0 Å². The third kappa shape index (κ3) is 3.76. The second kappa shape index (κ2) is 5.07. The maximum Gasteiger partial charge on any atom is 0.328 e. The molecule has 1 aromatic rings. The molecule has 1 aromatic carbocycles. The number of rotatable bonds is 4. The fraction of sp³-hybridized carbons (Fsp3) is 0.182. The van der Waals surface area contributed by atoms with Crippen molar-refractivity contribution >= 4 is 11.7 Å². The molecule has 0 saturated heterocycles. The number of carboxylic acids is 1. The van der Waals surface area contributed by atoms with Gasteiger partial charge in [-0.1, -0.05) is 18.2 Å². The van der Waals surface area contributed by atoms with Crippen LogP contribution in [0.25, 0.3) is 0 Å². The topological polar surface area (TPSA) is 49.3 Å². The van der Waals surface area contributed by atoms with Gasteiger partial charge in [-0.25, -0.2) is 4.79 Å². The van der Waals surface area contributed by atoms with Crippen molar-refractivity contribution in [2.75, 3.05) is 11.9 Å². The molecule has 0 spiro atoms. The summed E-state index contributed by atoms with van der Waals surface area (Å²) in [5, 5.41) is 11.4. The molecule has 0 bridgehead atoms. The molecule has 0 heterocycles. The summed E-state index contributed by atoms with van der Waals surface area (Å²) in [6.45, 7) is 2.54. The predicted octanol–water partition coefficient (Wildman–Crippen LogP) is 2.05. The van der Waals surface area contributed by atoms with Crippen LogP contribution in [-0.2, 0) is 4.79 Å². The van der Waals surface area contributed by atoms with Gasteiger partial charge in [-0.2, -0.15) is 0 Å². The normalized spacial score (nSPS) is 10.4. The highest BCUT2D eigenvalue weighted by atomic mass is 16.4. The van der Waals surface area contributed by atoms with E-state index in [1.54, 1.807) is 6.08 Å². The van der Waals surface area contributed by atoms with Crippen LogP contribution in [0.15, 0.2) is 36.4 Å². The minimum atomic E-state index is -0.920. The second-order valence-corrected chi connectivity index (χ2v) is 2.99. The van der Waals surface area contributed by atoms with Gasteiger partial charge in [0.2, 0.25) is 0 Å². The van der Waals surface area contributed by atoms with Gasteiger partial charge < -0.3 is 10.4 Å². The molecule has 0 aromatic heterocycles. The van der Waals surface area contributed by atoms with Crippen LogP contribution in [0.4, 0.5) is 5.69 Å². The zero-order valence-corrected chi connectivity index (χ0v) is 8.03. The predicted molar refractivity (Wildman–Crippen MR) is 56.4 cm³/mol. The standard InChI is InChI=1S/C11H13NO2/c1-9-4-2-5-10(8-9)12-7-3-6-11(13)14/h2-6,8,12H,7H2,1H3,(H,13,14)/b6-3+. The van der Waals surface area contributed by atoms with Gasteiger partial charge in [0.15, 0.2) is 0 Å². The number of carbonyl (C=O) groups is 1. The molecule has 0 radical (unpaired) electrons. The quantitative estimate of drug-likeness (QED) is 0.716. The molecule has 0 fully saturated rings. The van der Waals surface area contributed by atoms with Crippen LogP contribution >= 0.6 is 0 Å². The van der Waals surface area contributed by atoms with Gasteiger partial charge >= 0.3 is 5.97 Å². The Hall–Kier alpha value is -1.77. The van der Waals surface area contributed by atoms with Crippen LogP contribution in [0.1, 0.15) is 5.56 Å². The summed E-state index contributed by atoms with van der Waals surface area (Å²) in [6, 6.07) is 7.92. The lowest BCUT2D eigenvalue weighted by Gasteiger charge is -2.03. The van der Waals surface area contributed by atoms with E-state index in [0.717, 1.165) is 11.8 Å². The largest absolute Gasteiger partial charge is 0.478 e. The fourth-order valence-corrected chi connectivity index (χ4v) is 1.09. The summed E-state index contributed by atoms with van der Waals surface area (Å²) in [6.07, 6.45) is 2.70. The number of hydrogen-bond donors (Lipinski definition) is 2. The molecular formula is C11H13NO2. The SMILES string of the molecule is Cc1cccc(NC/C=C/C(=O)O)c1. The lowest BCUT2D eigenvalue weighted by molar-refractivity contribution is -0.131. The Kier molecular flexibility index (Phi) is 3.73. The van der Waals surface area contributed by atoms with Crippen LogP contribution in [0.3, 0.4) is 0 Å². The molecule has 3 heteroatoms. The number of anilines is 1. The lowest BCUT2D eigenvalue weighted by atomic mass is 10.2. The van der Waals surface area contributed by atoms with E-state index in [1.807, 2.05) is 31.2 Å². The minimum absolute atomic E-state index is 0.524. The van der Waals surface area contributed by atoms with E-state index in [4.69, 9.17) is 5.11 Å². The van der Waals surface area contributed by atoms with E-state index in [1.165, 1.54) is 5.56 Å². The van der Waals surface area contributed by atoms with E-state index in [9.17, 15) is 4.79 Å². The monoisotopic (exact) mass is 191 g/mol. The molecule has 0 amide bonds. The maximum absolute atomic E-state index is 10.2. The Morgan fingerprint density at radius 2 is 2.36 bits per heavy atom. The highest BCUT2D eigenvalue weighted by molar-refractivity contribution is 5.79. The van der Waals surface area contributed by atoms with Crippen molar-refractivity contribution in [2.45, 2.75) is 6.92 Å². The van der Waals surface area contributed by atoms with E-state index in [-0.39, 0.29) is 0 Å². The molecule has 0 aliphatic heterocycles. The van der Waals surface area contributed by atoms with Gasteiger partial charge in [-0.3, -0.25) is 0 Å². The van der Waals surface area contributed by atoms with Gasteiger partial charge in [0.1, 0.15) is 0 Å². The molecule has 0 saturated carbocycles. The fourth-order valence-electron chi connectivity index (χ4n) is 1.09. The molecule has 0 aliphatic carbocycles. The Bertz CT molecular complexity index is 345. The van der Waals surface area contributed by atoms with Crippen molar-refractivity contribution in [3.8, 4) is 0 Å². The van der Waals surface area contributed by atoms with Gasteiger partial charge in [-0.15, -0.1) is 0 Å². The first kappa shape index (κ1) is 10.3. The lowest BCUT2D eigenvalue weighted by Crippen LogP contribution is -1.99. The highest BCUT2D eigenvalue weighted by Crippen LogP contribution is 2.08. The molecule has 1 rings (SSSR count). The summed E-state index contributed by atoms with van der Waals surface area (Å²) in [5.74, 6) is -0.920. The molecule has 0 aliphatic rings. The summed E-state index contributed by atoms with van der Waals surface area (Å²) in [4.78, 5) is 10.2. The molecule has 14 heavy (non-hydrogen) atoms. The Labute approximate surface area is 83.1 Å².